The van der Waals surface area contributed by atoms with Gasteiger partial charge in [-0.3, -0.25) is 19.6 Å². The molecule has 37 heavy (non-hydrogen) atoms. The number of guanidine groups is 1. The van der Waals surface area contributed by atoms with Gasteiger partial charge in [0.05, 0.1) is 28.7 Å². The number of rotatable bonds is 4. The summed E-state index contributed by atoms with van der Waals surface area (Å²) < 4.78 is 31.7. The van der Waals surface area contributed by atoms with Crippen molar-refractivity contribution in [2.45, 2.75) is 25.7 Å². The summed E-state index contributed by atoms with van der Waals surface area (Å²) in [5.74, 6) is -1.94. The van der Waals surface area contributed by atoms with Crippen molar-refractivity contribution in [3.8, 4) is 0 Å². The Morgan fingerprint density at radius 3 is 2.35 bits per heavy atom. The molecule has 7 nitrogen and oxygen atoms in total. The van der Waals surface area contributed by atoms with Gasteiger partial charge in [0.15, 0.2) is 0 Å². The molecule has 1 amide bonds. The van der Waals surface area contributed by atoms with Crippen molar-refractivity contribution in [3.63, 3.8) is 0 Å². The number of alkyl halides is 3. The second kappa shape index (κ2) is 11.1. The second-order valence-electron chi connectivity index (χ2n) is 8.65. The lowest BCUT2D eigenvalue weighted by Crippen LogP contribution is -2.53. The third kappa shape index (κ3) is 6.26. The molecule has 0 fully saturated rings. The number of hydrogen-bond acceptors (Lipinski definition) is 5. The molecule has 12 heteroatoms. The molecule has 0 radical (unpaired) electrons. The number of amides is 1. The van der Waals surface area contributed by atoms with Crippen LogP contribution in [0.4, 0.5) is 13.2 Å². The van der Waals surface area contributed by atoms with Gasteiger partial charge in [0.2, 0.25) is 5.96 Å². The van der Waals surface area contributed by atoms with Crippen molar-refractivity contribution in [1.82, 2.24) is 14.7 Å². The number of carboxylic acids is 1. The number of aliphatic carboxylic acids is 1. The van der Waals surface area contributed by atoms with Crippen LogP contribution in [0.1, 0.15) is 17.5 Å². The summed E-state index contributed by atoms with van der Waals surface area (Å²) in [6, 6.07) is 15.9. The van der Waals surface area contributed by atoms with Gasteiger partial charge in [-0.1, -0.05) is 59.6 Å². The Balaban J connectivity index is 0.000000405. The molecule has 0 saturated carbocycles. The molecule has 0 bridgehead atoms. The van der Waals surface area contributed by atoms with Crippen LogP contribution in [0.25, 0.3) is 0 Å². The van der Waals surface area contributed by atoms with Crippen molar-refractivity contribution in [1.29, 1.82) is 0 Å². The largest absolute Gasteiger partial charge is 0.490 e. The molecule has 0 unspecified atom stereocenters. The standard InChI is InChI=1S/C23H22Cl2N4O.C2HF3O2/c24-19-7-6-17(12-20(19)25)14-29-22(30)18-15-27(13-16-4-2-1-3-5-16)10-8-21(18)28-11-9-26-23(28)29;3-2(4,5)1(6)7/h1-7,12H,8-11,13-15H2;(H,6,7). The summed E-state index contributed by atoms with van der Waals surface area (Å²) >= 11 is 12.3. The lowest BCUT2D eigenvalue weighted by Gasteiger charge is -2.42. The highest BCUT2D eigenvalue weighted by Crippen LogP contribution is 2.33. The highest BCUT2D eigenvalue weighted by atomic mass is 35.5. The molecule has 2 aromatic rings. The van der Waals surface area contributed by atoms with Crippen molar-refractivity contribution in [3.05, 3.63) is 81.0 Å². The Kier molecular flexibility index (Phi) is 8.11. The predicted molar refractivity (Wildman–Crippen MR) is 133 cm³/mol. The van der Waals surface area contributed by atoms with Crippen molar-refractivity contribution in [2.24, 2.45) is 4.99 Å². The number of benzene rings is 2. The molecule has 0 atom stereocenters. The van der Waals surface area contributed by atoms with Gasteiger partial charge in [0.25, 0.3) is 5.91 Å². The van der Waals surface area contributed by atoms with Crippen LogP contribution in [0.3, 0.4) is 0 Å². The van der Waals surface area contributed by atoms with E-state index in [1.807, 2.05) is 18.2 Å². The smallest absolute Gasteiger partial charge is 0.475 e. The number of fused-ring (bicyclic) bond motifs is 2. The number of nitrogens with zero attached hydrogens (tertiary/aromatic N) is 4. The fourth-order valence-corrected chi connectivity index (χ4v) is 4.73. The van der Waals surface area contributed by atoms with Gasteiger partial charge in [0, 0.05) is 38.3 Å². The van der Waals surface area contributed by atoms with Crippen molar-refractivity contribution >= 4 is 41.0 Å². The summed E-state index contributed by atoms with van der Waals surface area (Å²) in [6.45, 7) is 4.42. The minimum atomic E-state index is -5.08. The predicted octanol–water partition coefficient (Wildman–Crippen LogP) is 4.80. The van der Waals surface area contributed by atoms with Crippen molar-refractivity contribution < 1.29 is 27.9 Å². The SMILES string of the molecule is O=C(O)C(F)(F)F.O=C1C2=C(CCN(Cc3ccccc3)C2)N2CCN=C2N1Cc1ccc(Cl)c(Cl)c1. The number of carbonyl (C=O) groups excluding carboxylic acids is 1. The van der Waals surface area contributed by atoms with E-state index in [9.17, 15) is 18.0 Å². The van der Waals surface area contributed by atoms with E-state index in [1.165, 1.54) is 5.56 Å². The van der Waals surface area contributed by atoms with E-state index >= 15 is 0 Å². The maximum absolute atomic E-state index is 13.5. The summed E-state index contributed by atoms with van der Waals surface area (Å²) in [5.41, 5.74) is 4.23. The maximum atomic E-state index is 13.5. The molecule has 196 valence electrons. The van der Waals surface area contributed by atoms with Gasteiger partial charge in [-0.05, 0) is 23.3 Å². The van der Waals surface area contributed by atoms with Crippen LogP contribution in [0, 0.1) is 0 Å². The molecule has 3 heterocycles. The second-order valence-corrected chi connectivity index (χ2v) is 9.46. The topological polar surface area (TPSA) is 76.5 Å². The number of halogens is 5. The minimum absolute atomic E-state index is 0.0470. The number of hydrogen-bond donors (Lipinski definition) is 1. The molecular formula is C25H23Cl2F3N4O3. The molecule has 0 saturated heterocycles. The van der Waals surface area contributed by atoms with Crippen LogP contribution in [0.5, 0.6) is 0 Å². The van der Waals surface area contributed by atoms with Gasteiger partial charge < -0.3 is 10.0 Å². The first-order valence-corrected chi connectivity index (χ1v) is 12.2. The van der Waals surface area contributed by atoms with Crippen LogP contribution in [-0.2, 0) is 22.7 Å². The lowest BCUT2D eigenvalue weighted by atomic mass is 10.00. The Labute approximate surface area is 221 Å². The normalized spacial score (nSPS) is 17.6. The molecular weight excluding hydrogens is 532 g/mol. The van der Waals surface area contributed by atoms with E-state index < -0.39 is 12.1 Å². The summed E-state index contributed by atoms with van der Waals surface area (Å²) in [4.78, 5) is 33.4. The summed E-state index contributed by atoms with van der Waals surface area (Å²) in [7, 11) is 0. The monoisotopic (exact) mass is 554 g/mol. The van der Waals surface area contributed by atoms with E-state index in [-0.39, 0.29) is 5.91 Å². The molecule has 5 rings (SSSR count). The molecule has 1 N–H and O–H groups in total. The Morgan fingerprint density at radius 1 is 1.00 bits per heavy atom. The first-order valence-electron chi connectivity index (χ1n) is 11.4. The van der Waals surface area contributed by atoms with Crippen molar-refractivity contribution in [2.75, 3.05) is 26.2 Å². The van der Waals surface area contributed by atoms with Crippen LogP contribution in [0.15, 0.2) is 64.8 Å². The number of carbonyl (C=O) groups is 2. The quantitative estimate of drug-likeness (QED) is 0.587. The lowest BCUT2D eigenvalue weighted by molar-refractivity contribution is -0.192. The Morgan fingerprint density at radius 2 is 1.70 bits per heavy atom. The average Bonchev–Trinajstić information content (AvgIpc) is 3.34. The zero-order valence-electron chi connectivity index (χ0n) is 19.5. The fourth-order valence-electron chi connectivity index (χ4n) is 4.41. The van der Waals surface area contributed by atoms with Gasteiger partial charge in [-0.2, -0.15) is 13.2 Å². The van der Waals surface area contributed by atoms with E-state index in [0.29, 0.717) is 29.7 Å². The molecule has 0 aliphatic carbocycles. The van der Waals surface area contributed by atoms with E-state index in [4.69, 9.17) is 33.1 Å². The third-order valence-electron chi connectivity index (χ3n) is 6.10. The summed E-state index contributed by atoms with van der Waals surface area (Å²) in [5, 5.41) is 8.13. The Bertz CT molecular complexity index is 1250. The molecule has 3 aliphatic heterocycles. The van der Waals surface area contributed by atoms with Crippen LogP contribution in [-0.4, -0.2) is 70.0 Å². The Hall–Kier alpha value is -3.08. The highest BCUT2D eigenvalue weighted by Gasteiger charge is 2.41. The van der Waals surface area contributed by atoms with E-state index in [0.717, 1.165) is 48.8 Å². The molecule has 0 aromatic heterocycles. The molecule has 0 spiro atoms. The average molecular weight is 555 g/mol. The van der Waals surface area contributed by atoms with Gasteiger partial charge >= 0.3 is 12.1 Å². The van der Waals surface area contributed by atoms with E-state index in [1.54, 1.807) is 11.0 Å². The van der Waals surface area contributed by atoms with Gasteiger partial charge in [-0.25, -0.2) is 4.79 Å². The zero-order chi connectivity index (χ0) is 26.7. The fraction of sp³-hybridized carbons (Fsp3) is 0.320. The van der Waals surface area contributed by atoms with Crippen LogP contribution < -0.4 is 0 Å². The van der Waals surface area contributed by atoms with Gasteiger partial charge in [-0.15, -0.1) is 0 Å². The summed E-state index contributed by atoms with van der Waals surface area (Å²) in [6.07, 6.45) is -4.21. The number of carboxylic acid groups (broad SMARTS) is 1. The molecule has 2 aromatic carbocycles. The van der Waals surface area contributed by atoms with Crippen LogP contribution >= 0.6 is 23.2 Å². The molecule has 3 aliphatic rings. The first kappa shape index (κ1) is 27.0. The number of aliphatic imine (C=N–C) groups is 1. The highest BCUT2D eigenvalue weighted by molar-refractivity contribution is 6.42. The zero-order valence-corrected chi connectivity index (χ0v) is 21.0. The minimum Gasteiger partial charge on any atom is -0.475 e. The van der Waals surface area contributed by atoms with Crippen LogP contribution in [0.2, 0.25) is 10.0 Å². The third-order valence-corrected chi connectivity index (χ3v) is 6.84. The maximum Gasteiger partial charge on any atom is 0.490 e. The first-order chi connectivity index (χ1) is 17.5. The van der Waals surface area contributed by atoms with E-state index in [2.05, 4.69) is 39.1 Å². The van der Waals surface area contributed by atoms with Gasteiger partial charge in [0.1, 0.15) is 0 Å².